The van der Waals surface area contributed by atoms with Crippen LogP contribution in [0.3, 0.4) is 0 Å². The lowest BCUT2D eigenvalue weighted by molar-refractivity contribution is -0.0961. The van der Waals surface area contributed by atoms with E-state index in [0.717, 1.165) is 45.3 Å². The minimum absolute atomic E-state index is 0.149. The molecule has 47 heavy (non-hydrogen) atoms. The van der Waals surface area contributed by atoms with Crippen molar-refractivity contribution in [2.75, 3.05) is 46.1 Å². The third-order valence-corrected chi connectivity index (χ3v) is 9.83. The Balaban J connectivity index is 4.02. The van der Waals surface area contributed by atoms with Gasteiger partial charge >= 0.3 is 0 Å². The monoisotopic (exact) mass is 672 g/mol. The summed E-state index contributed by atoms with van der Waals surface area (Å²) < 4.78 is 18.1. The first kappa shape index (κ1) is 46.7. The van der Waals surface area contributed by atoms with Gasteiger partial charge in [-0.1, -0.05) is 155 Å². The average molecular weight is 672 g/mol. The van der Waals surface area contributed by atoms with Gasteiger partial charge in [-0.25, -0.2) is 0 Å². The zero-order valence-corrected chi connectivity index (χ0v) is 31.8. The molecule has 0 aliphatic heterocycles. The SMILES string of the molecule is CCCCCCCCCCCCCCOCCCC(N)C(CN)(CCCOCCCCCCCCCCCCCC)OCC(O)CN. The summed E-state index contributed by atoms with van der Waals surface area (Å²) in [4.78, 5) is 0. The Morgan fingerprint density at radius 1 is 0.511 bits per heavy atom. The first-order chi connectivity index (χ1) is 23.1. The van der Waals surface area contributed by atoms with Crippen molar-refractivity contribution >= 4 is 0 Å². The van der Waals surface area contributed by atoms with E-state index in [2.05, 4.69) is 13.8 Å². The van der Waals surface area contributed by atoms with Crippen LogP contribution in [0.4, 0.5) is 0 Å². The molecule has 0 amide bonds. The Labute approximate surface area is 293 Å². The highest BCUT2D eigenvalue weighted by molar-refractivity contribution is 4.93. The molecule has 7 nitrogen and oxygen atoms in total. The van der Waals surface area contributed by atoms with E-state index in [1.807, 2.05) is 0 Å². The molecule has 0 aromatic rings. The maximum atomic E-state index is 10.1. The second-order valence-electron chi connectivity index (χ2n) is 14.3. The first-order valence-corrected chi connectivity index (χ1v) is 20.7. The fourth-order valence-electron chi connectivity index (χ4n) is 6.44. The highest BCUT2D eigenvalue weighted by atomic mass is 16.5. The van der Waals surface area contributed by atoms with Gasteiger partial charge in [0.25, 0.3) is 0 Å². The lowest BCUT2D eigenvalue weighted by atomic mass is 9.86. The van der Waals surface area contributed by atoms with E-state index in [0.29, 0.717) is 26.2 Å². The van der Waals surface area contributed by atoms with E-state index in [-0.39, 0.29) is 19.2 Å². The molecular weight excluding hydrogens is 586 g/mol. The van der Waals surface area contributed by atoms with Gasteiger partial charge in [-0.2, -0.15) is 0 Å². The van der Waals surface area contributed by atoms with E-state index < -0.39 is 11.7 Å². The normalized spacial score (nSPS) is 14.4. The summed E-state index contributed by atoms with van der Waals surface area (Å²) in [5, 5.41) is 10.1. The van der Waals surface area contributed by atoms with E-state index in [9.17, 15) is 5.11 Å². The molecule has 0 aliphatic rings. The van der Waals surface area contributed by atoms with Gasteiger partial charge in [-0.05, 0) is 38.5 Å². The second-order valence-corrected chi connectivity index (χ2v) is 14.3. The van der Waals surface area contributed by atoms with E-state index in [1.165, 1.54) is 141 Å². The van der Waals surface area contributed by atoms with Crippen LogP contribution in [-0.4, -0.2) is 69.0 Å². The Morgan fingerprint density at radius 3 is 1.26 bits per heavy atom. The van der Waals surface area contributed by atoms with Crippen molar-refractivity contribution in [3.8, 4) is 0 Å². The van der Waals surface area contributed by atoms with Crippen LogP contribution in [0.2, 0.25) is 0 Å². The molecule has 0 spiro atoms. The van der Waals surface area contributed by atoms with Crippen molar-refractivity contribution in [2.45, 2.75) is 211 Å². The number of hydrogen-bond acceptors (Lipinski definition) is 7. The number of ether oxygens (including phenoxy) is 3. The Kier molecular flexibility index (Phi) is 36.8. The zero-order valence-electron chi connectivity index (χ0n) is 31.8. The highest BCUT2D eigenvalue weighted by Crippen LogP contribution is 2.24. The molecule has 0 heterocycles. The number of aliphatic hydroxyl groups is 1. The Hall–Kier alpha value is -0.280. The van der Waals surface area contributed by atoms with Crippen molar-refractivity contribution < 1.29 is 19.3 Å². The van der Waals surface area contributed by atoms with Crippen LogP contribution in [0, 0.1) is 0 Å². The number of hydrogen-bond donors (Lipinski definition) is 4. The minimum atomic E-state index is -0.714. The largest absolute Gasteiger partial charge is 0.389 e. The predicted molar refractivity (Wildman–Crippen MR) is 203 cm³/mol. The van der Waals surface area contributed by atoms with Crippen LogP contribution in [0.15, 0.2) is 0 Å². The number of rotatable bonds is 40. The molecule has 0 aliphatic carbocycles. The van der Waals surface area contributed by atoms with Crippen LogP contribution in [0.5, 0.6) is 0 Å². The van der Waals surface area contributed by atoms with Crippen LogP contribution in [-0.2, 0) is 14.2 Å². The summed E-state index contributed by atoms with van der Waals surface area (Å²) in [5.41, 5.74) is 17.9. The molecule has 0 rings (SSSR count). The summed E-state index contributed by atoms with van der Waals surface area (Å²) in [6, 6.07) is -0.232. The molecule has 284 valence electrons. The van der Waals surface area contributed by atoms with Crippen molar-refractivity contribution in [2.24, 2.45) is 17.2 Å². The lowest BCUT2D eigenvalue weighted by Gasteiger charge is -2.39. The molecule has 3 unspecified atom stereocenters. The lowest BCUT2D eigenvalue weighted by Crippen LogP contribution is -2.56. The van der Waals surface area contributed by atoms with Crippen LogP contribution < -0.4 is 17.2 Å². The molecule has 7 N–H and O–H groups in total. The molecule has 7 heteroatoms. The zero-order chi connectivity index (χ0) is 34.5. The maximum absolute atomic E-state index is 10.1. The molecule has 0 fully saturated rings. The fourth-order valence-corrected chi connectivity index (χ4v) is 6.44. The summed E-state index contributed by atoms with van der Waals surface area (Å²) in [6.07, 6.45) is 34.9. The Morgan fingerprint density at radius 2 is 0.872 bits per heavy atom. The minimum Gasteiger partial charge on any atom is -0.389 e. The predicted octanol–water partition coefficient (Wildman–Crippen LogP) is 9.34. The molecule has 0 saturated carbocycles. The topological polar surface area (TPSA) is 126 Å². The van der Waals surface area contributed by atoms with Gasteiger partial charge in [-0.3, -0.25) is 0 Å². The summed E-state index contributed by atoms with van der Waals surface area (Å²) >= 11 is 0. The fraction of sp³-hybridized carbons (Fsp3) is 1.00. The van der Waals surface area contributed by atoms with Gasteiger partial charge in [0.1, 0.15) is 0 Å². The third kappa shape index (κ3) is 30.3. The van der Waals surface area contributed by atoms with Gasteiger partial charge in [0.05, 0.1) is 18.3 Å². The van der Waals surface area contributed by atoms with Crippen molar-refractivity contribution in [1.29, 1.82) is 0 Å². The maximum Gasteiger partial charge on any atom is 0.0956 e. The second kappa shape index (κ2) is 37.0. The standard InChI is InChI=1S/C40H85N3O4/c1-3-5-7-9-11-13-15-17-19-21-23-25-31-45-33-27-29-39(43)40(37-42,47-36-38(44)35-41)30-28-34-46-32-26-24-22-20-18-16-14-12-10-8-6-4-2/h38-39,44H,3-37,41-43H2,1-2H3. The number of nitrogens with two attached hydrogens (primary N) is 3. The smallest absolute Gasteiger partial charge is 0.0956 e. The van der Waals surface area contributed by atoms with Crippen LogP contribution in [0.1, 0.15) is 194 Å². The van der Waals surface area contributed by atoms with Crippen molar-refractivity contribution in [3.05, 3.63) is 0 Å². The molecule has 0 radical (unpaired) electrons. The number of unbranched alkanes of at least 4 members (excludes halogenated alkanes) is 22. The summed E-state index contributed by atoms with van der Waals surface area (Å²) in [6.45, 7) is 8.19. The van der Waals surface area contributed by atoms with Crippen LogP contribution in [0.25, 0.3) is 0 Å². The van der Waals surface area contributed by atoms with Crippen molar-refractivity contribution in [3.63, 3.8) is 0 Å². The average Bonchev–Trinajstić information content (AvgIpc) is 3.09. The quantitative estimate of drug-likeness (QED) is 0.0478. The third-order valence-electron chi connectivity index (χ3n) is 9.83. The molecule has 0 bridgehead atoms. The molecule has 0 saturated heterocycles. The molecular formula is C40H85N3O4. The van der Waals surface area contributed by atoms with E-state index in [1.54, 1.807) is 0 Å². The summed E-state index contributed by atoms with van der Waals surface area (Å²) in [7, 11) is 0. The molecule has 3 atom stereocenters. The highest BCUT2D eigenvalue weighted by Gasteiger charge is 2.36. The van der Waals surface area contributed by atoms with Crippen molar-refractivity contribution in [1.82, 2.24) is 0 Å². The first-order valence-electron chi connectivity index (χ1n) is 20.7. The molecule has 0 aromatic heterocycles. The Bertz CT molecular complexity index is 600. The number of aliphatic hydroxyl groups excluding tert-OH is 1. The van der Waals surface area contributed by atoms with E-state index >= 15 is 0 Å². The van der Waals surface area contributed by atoms with Gasteiger partial charge in [0.15, 0.2) is 0 Å². The summed E-state index contributed by atoms with van der Waals surface area (Å²) in [5.74, 6) is 0. The van der Waals surface area contributed by atoms with Gasteiger partial charge in [0.2, 0.25) is 0 Å². The van der Waals surface area contributed by atoms with Gasteiger partial charge in [-0.15, -0.1) is 0 Å². The van der Waals surface area contributed by atoms with Gasteiger partial charge < -0.3 is 36.5 Å². The van der Waals surface area contributed by atoms with E-state index in [4.69, 9.17) is 31.4 Å². The molecule has 0 aromatic carbocycles. The van der Waals surface area contributed by atoms with Gasteiger partial charge in [0, 0.05) is 45.6 Å². The van der Waals surface area contributed by atoms with Crippen LogP contribution >= 0.6 is 0 Å².